The fourth-order valence-electron chi connectivity index (χ4n) is 4.87. The Hall–Kier alpha value is -2.32. The number of carbonyl (C=O) groups is 1. The number of nitrogens with zero attached hydrogens (tertiary/aromatic N) is 5. The van der Waals surface area contributed by atoms with Crippen molar-refractivity contribution in [3.63, 3.8) is 0 Å². The quantitative estimate of drug-likeness (QED) is 0.846. The first kappa shape index (κ1) is 18.7. The van der Waals surface area contributed by atoms with Crippen molar-refractivity contribution in [2.45, 2.75) is 37.6 Å². The normalized spacial score (nSPS) is 28.1. The molecule has 29 heavy (non-hydrogen) atoms. The van der Waals surface area contributed by atoms with Crippen LogP contribution in [0.2, 0.25) is 0 Å². The summed E-state index contributed by atoms with van der Waals surface area (Å²) in [4.78, 5) is 17.8. The first-order valence-corrected chi connectivity index (χ1v) is 10.7. The van der Waals surface area contributed by atoms with Crippen molar-refractivity contribution in [2.24, 2.45) is 5.92 Å². The van der Waals surface area contributed by atoms with Crippen LogP contribution >= 0.6 is 0 Å². The van der Waals surface area contributed by atoms with Crippen molar-refractivity contribution >= 4 is 5.91 Å². The van der Waals surface area contributed by atoms with Crippen LogP contribution in [0.25, 0.3) is 11.4 Å². The predicted molar refractivity (Wildman–Crippen MR) is 107 cm³/mol. The summed E-state index contributed by atoms with van der Waals surface area (Å²) in [5.74, 6) is 1.36. The van der Waals surface area contributed by atoms with Crippen molar-refractivity contribution in [2.75, 3.05) is 39.4 Å². The molecule has 8 nitrogen and oxygen atoms in total. The highest BCUT2D eigenvalue weighted by molar-refractivity contribution is 5.83. The molecule has 2 saturated heterocycles. The van der Waals surface area contributed by atoms with Crippen LogP contribution in [0.3, 0.4) is 0 Å². The number of hydrogen-bond acceptors (Lipinski definition) is 6. The molecular formula is C21H28N6O2. The summed E-state index contributed by atoms with van der Waals surface area (Å²) in [6.45, 7) is 5.51. The van der Waals surface area contributed by atoms with Gasteiger partial charge in [0.25, 0.3) is 0 Å². The topological polar surface area (TPSA) is 87.2 Å². The van der Waals surface area contributed by atoms with Gasteiger partial charge in [-0.15, -0.1) is 10.2 Å². The molecule has 1 unspecified atom stereocenters. The summed E-state index contributed by atoms with van der Waals surface area (Å²) in [5, 5.41) is 14.2. The number of H-pyrrole nitrogens is 1. The second kappa shape index (κ2) is 8.20. The number of morpholine rings is 1. The van der Waals surface area contributed by atoms with Crippen LogP contribution in [0.5, 0.6) is 0 Å². The average Bonchev–Trinajstić information content (AvgIpc) is 3.46. The number of hydrogen-bond donors (Lipinski definition) is 1. The van der Waals surface area contributed by atoms with E-state index in [1.807, 2.05) is 12.1 Å². The van der Waals surface area contributed by atoms with Gasteiger partial charge < -0.3 is 9.64 Å². The molecule has 5 rings (SSSR count). The second-order valence-corrected chi connectivity index (χ2v) is 8.37. The number of carbonyl (C=O) groups excluding carboxylic acids is 1. The highest BCUT2D eigenvalue weighted by atomic mass is 16.5. The smallest absolute Gasteiger partial charge is 0.226 e. The van der Waals surface area contributed by atoms with Crippen LogP contribution in [0.1, 0.15) is 37.2 Å². The third-order valence-electron chi connectivity index (χ3n) is 6.60. The van der Waals surface area contributed by atoms with E-state index in [1.54, 1.807) is 0 Å². The number of ether oxygens (including phenoxy) is 1. The average molecular weight is 396 g/mol. The van der Waals surface area contributed by atoms with Gasteiger partial charge >= 0.3 is 0 Å². The Labute approximate surface area is 170 Å². The number of likely N-dealkylation sites (tertiary alicyclic amines) is 1. The van der Waals surface area contributed by atoms with E-state index >= 15 is 0 Å². The van der Waals surface area contributed by atoms with Crippen molar-refractivity contribution in [3.05, 3.63) is 29.8 Å². The van der Waals surface area contributed by atoms with E-state index in [4.69, 9.17) is 4.74 Å². The Morgan fingerprint density at radius 1 is 1.14 bits per heavy atom. The van der Waals surface area contributed by atoms with Gasteiger partial charge in [0.15, 0.2) is 0 Å². The second-order valence-electron chi connectivity index (χ2n) is 8.37. The molecule has 2 aliphatic heterocycles. The third kappa shape index (κ3) is 4.04. The lowest BCUT2D eigenvalue weighted by Crippen LogP contribution is -2.44. The summed E-state index contributed by atoms with van der Waals surface area (Å²) in [7, 11) is 0. The number of rotatable bonds is 4. The molecule has 1 N–H and O–H groups in total. The van der Waals surface area contributed by atoms with Crippen molar-refractivity contribution in [1.82, 2.24) is 30.4 Å². The zero-order chi connectivity index (χ0) is 19.6. The van der Waals surface area contributed by atoms with Crippen LogP contribution < -0.4 is 0 Å². The lowest BCUT2D eigenvalue weighted by molar-refractivity contribution is -0.132. The van der Waals surface area contributed by atoms with Gasteiger partial charge in [0.1, 0.15) is 0 Å². The van der Waals surface area contributed by atoms with Crippen molar-refractivity contribution in [1.29, 1.82) is 0 Å². The van der Waals surface area contributed by atoms with E-state index in [2.05, 4.69) is 42.6 Å². The van der Waals surface area contributed by atoms with Crippen molar-refractivity contribution < 1.29 is 9.53 Å². The number of benzene rings is 1. The zero-order valence-corrected chi connectivity index (χ0v) is 16.7. The van der Waals surface area contributed by atoms with E-state index in [-0.39, 0.29) is 5.92 Å². The molecule has 2 aromatic rings. The lowest BCUT2D eigenvalue weighted by Gasteiger charge is -2.34. The molecule has 0 bridgehead atoms. The van der Waals surface area contributed by atoms with E-state index in [0.29, 0.717) is 23.7 Å². The Morgan fingerprint density at radius 2 is 2.03 bits per heavy atom. The minimum absolute atomic E-state index is 0.121. The number of tetrazole rings is 1. The maximum Gasteiger partial charge on any atom is 0.226 e. The van der Waals surface area contributed by atoms with Gasteiger partial charge in [0, 0.05) is 43.7 Å². The van der Waals surface area contributed by atoms with Crippen LogP contribution in [-0.4, -0.2) is 81.8 Å². The van der Waals surface area contributed by atoms with Gasteiger partial charge in [-0.2, -0.15) is 5.21 Å². The first-order valence-electron chi connectivity index (χ1n) is 10.7. The minimum atomic E-state index is 0.121. The van der Waals surface area contributed by atoms with Gasteiger partial charge in [-0.25, -0.2) is 0 Å². The maximum atomic E-state index is 13.1. The fraction of sp³-hybridized carbons (Fsp3) is 0.619. The maximum absolute atomic E-state index is 13.1. The lowest BCUT2D eigenvalue weighted by atomic mass is 10.0. The van der Waals surface area contributed by atoms with Crippen molar-refractivity contribution in [3.8, 4) is 11.4 Å². The van der Waals surface area contributed by atoms with E-state index in [0.717, 1.165) is 64.2 Å². The number of aromatic nitrogens is 4. The standard InChI is InChI=1S/C21H28N6O2/c28-21(27-7-2-5-17(6-8-27)26-9-11-29-12-10-26)19-14-18(19)15-3-1-4-16(13-15)20-22-24-25-23-20/h1,3-4,13,17-19H,2,5-12,14H2,(H,22,23,24,25)/t17?,18-,19+/m0/s1. The largest absolute Gasteiger partial charge is 0.379 e. The van der Waals surface area contributed by atoms with E-state index in [9.17, 15) is 4.79 Å². The molecule has 1 aromatic heterocycles. The van der Waals surface area contributed by atoms with Gasteiger partial charge in [-0.1, -0.05) is 18.2 Å². The molecule has 1 aromatic carbocycles. The van der Waals surface area contributed by atoms with Crippen LogP contribution in [0, 0.1) is 5.92 Å². The SMILES string of the molecule is O=C([C@@H]1C[C@H]1c1cccc(-c2nn[nH]n2)c1)N1CCCC(N2CCOCC2)CC1. The molecule has 154 valence electrons. The predicted octanol–water partition coefficient (Wildman–Crippen LogP) is 1.68. The van der Waals surface area contributed by atoms with Gasteiger partial charge in [-0.3, -0.25) is 9.69 Å². The molecule has 0 radical (unpaired) electrons. The number of amides is 1. The van der Waals surface area contributed by atoms with Crippen LogP contribution in [0.15, 0.2) is 24.3 Å². The summed E-state index contributed by atoms with van der Waals surface area (Å²) in [6.07, 6.45) is 4.30. The summed E-state index contributed by atoms with van der Waals surface area (Å²) in [6, 6.07) is 8.80. The molecule has 8 heteroatoms. The highest BCUT2D eigenvalue weighted by Gasteiger charge is 2.46. The molecule has 3 heterocycles. The molecule has 1 aliphatic carbocycles. The zero-order valence-electron chi connectivity index (χ0n) is 16.7. The van der Waals surface area contributed by atoms with E-state index < -0.39 is 0 Å². The Morgan fingerprint density at radius 3 is 2.86 bits per heavy atom. The fourth-order valence-corrected chi connectivity index (χ4v) is 4.87. The minimum Gasteiger partial charge on any atom is -0.379 e. The molecule has 3 fully saturated rings. The number of nitrogens with one attached hydrogen (secondary N) is 1. The Kier molecular flexibility index (Phi) is 5.28. The molecule has 1 saturated carbocycles. The molecule has 3 atom stereocenters. The molecule has 3 aliphatic rings. The van der Waals surface area contributed by atoms with Gasteiger partial charge in [0.05, 0.1) is 13.2 Å². The monoisotopic (exact) mass is 396 g/mol. The molecule has 0 spiro atoms. The van der Waals surface area contributed by atoms with E-state index in [1.165, 1.54) is 12.0 Å². The molecular weight excluding hydrogens is 368 g/mol. The van der Waals surface area contributed by atoms with Crippen LogP contribution in [0.4, 0.5) is 0 Å². The number of aromatic amines is 1. The van der Waals surface area contributed by atoms with Gasteiger partial charge in [0.2, 0.25) is 11.7 Å². The third-order valence-corrected chi connectivity index (χ3v) is 6.60. The Bertz CT molecular complexity index is 835. The Balaban J connectivity index is 1.20. The summed E-state index contributed by atoms with van der Waals surface area (Å²) < 4.78 is 5.49. The summed E-state index contributed by atoms with van der Waals surface area (Å²) in [5.41, 5.74) is 2.14. The first-order chi connectivity index (χ1) is 14.3. The van der Waals surface area contributed by atoms with Gasteiger partial charge in [-0.05, 0) is 48.4 Å². The highest BCUT2D eigenvalue weighted by Crippen LogP contribution is 2.49. The van der Waals surface area contributed by atoms with Crippen LogP contribution in [-0.2, 0) is 9.53 Å². The molecule has 1 amide bonds. The summed E-state index contributed by atoms with van der Waals surface area (Å²) >= 11 is 0.